The lowest BCUT2D eigenvalue weighted by Crippen LogP contribution is -2.38. The monoisotopic (exact) mass is 369 g/mol. The Hall–Kier alpha value is -1.93. The average Bonchev–Trinajstić information content (AvgIpc) is 2.49. The minimum Gasteiger partial charge on any atom is -0.356 e. The van der Waals surface area contributed by atoms with E-state index in [1.807, 2.05) is 0 Å². The summed E-state index contributed by atoms with van der Waals surface area (Å²) in [6, 6.07) is 4.79. The molecule has 0 saturated heterocycles. The molecule has 0 saturated carbocycles. The summed E-state index contributed by atoms with van der Waals surface area (Å²) in [6.07, 6.45) is -8.99. The zero-order valence-corrected chi connectivity index (χ0v) is 14.0. The third-order valence-corrected chi connectivity index (χ3v) is 3.44. The molecule has 1 aromatic carbocycles. The Balaban J connectivity index is 2.47. The van der Waals surface area contributed by atoms with Gasteiger partial charge < -0.3 is 10.2 Å². The number of nitrogens with one attached hydrogen (secondary N) is 1. The lowest BCUT2D eigenvalue weighted by molar-refractivity contribution is -0.137. The first kappa shape index (κ1) is 21.1. The molecule has 0 aliphatic carbocycles. The predicted octanol–water partition coefficient (Wildman–Crippen LogP) is 4.45. The molecule has 1 N–H and O–H groups in total. The van der Waals surface area contributed by atoms with Crippen LogP contribution in [-0.4, -0.2) is 37.7 Å². The largest absolute Gasteiger partial charge is 0.416 e. The standard InChI is InChI=1S/C16H21F6N3/c1-23-14(24-10-4-3-9-15(17,18)19)25(2)11-12-5-7-13(8-6-12)16(20,21)22/h5-8H,3-4,9-11H2,1-2H3,(H,23,24). The van der Waals surface area contributed by atoms with Gasteiger partial charge in [-0.15, -0.1) is 0 Å². The number of nitrogens with zero attached hydrogens (tertiary/aromatic N) is 2. The fourth-order valence-corrected chi connectivity index (χ4v) is 2.18. The number of aliphatic imine (C=N–C) groups is 1. The number of unbranched alkanes of at least 4 members (excludes halogenated alkanes) is 1. The molecule has 142 valence electrons. The molecular weight excluding hydrogens is 348 g/mol. The zero-order chi connectivity index (χ0) is 19.1. The Labute approximate surface area is 142 Å². The highest BCUT2D eigenvalue weighted by molar-refractivity contribution is 5.79. The van der Waals surface area contributed by atoms with Gasteiger partial charge in [0.25, 0.3) is 0 Å². The van der Waals surface area contributed by atoms with Crippen LogP contribution < -0.4 is 5.32 Å². The van der Waals surface area contributed by atoms with Crippen molar-refractivity contribution in [2.75, 3.05) is 20.6 Å². The van der Waals surface area contributed by atoms with Gasteiger partial charge in [0, 0.05) is 33.6 Å². The van der Waals surface area contributed by atoms with Gasteiger partial charge in [0.05, 0.1) is 5.56 Å². The van der Waals surface area contributed by atoms with E-state index in [9.17, 15) is 26.3 Å². The molecule has 0 aromatic heterocycles. The number of guanidine groups is 1. The quantitative estimate of drug-likeness (QED) is 0.347. The van der Waals surface area contributed by atoms with Gasteiger partial charge in [-0.2, -0.15) is 26.3 Å². The van der Waals surface area contributed by atoms with Crippen molar-refractivity contribution in [3.05, 3.63) is 35.4 Å². The fraction of sp³-hybridized carbons (Fsp3) is 0.562. The molecule has 0 fully saturated rings. The van der Waals surface area contributed by atoms with Gasteiger partial charge in [0.15, 0.2) is 5.96 Å². The molecule has 3 nitrogen and oxygen atoms in total. The van der Waals surface area contributed by atoms with Crippen LogP contribution in [-0.2, 0) is 12.7 Å². The maximum Gasteiger partial charge on any atom is 0.416 e. The zero-order valence-electron chi connectivity index (χ0n) is 14.0. The summed E-state index contributed by atoms with van der Waals surface area (Å²) in [6.45, 7) is 0.653. The molecule has 0 aliphatic heterocycles. The Kier molecular flexibility index (Phi) is 7.57. The molecule has 0 heterocycles. The Morgan fingerprint density at radius 2 is 1.64 bits per heavy atom. The van der Waals surface area contributed by atoms with Crippen LogP contribution in [0.15, 0.2) is 29.3 Å². The topological polar surface area (TPSA) is 27.6 Å². The van der Waals surface area contributed by atoms with Crippen molar-refractivity contribution >= 4 is 5.96 Å². The number of hydrogen-bond acceptors (Lipinski definition) is 1. The molecule has 1 rings (SSSR count). The van der Waals surface area contributed by atoms with Crippen LogP contribution in [0, 0.1) is 0 Å². The number of rotatable bonds is 6. The second-order valence-electron chi connectivity index (χ2n) is 5.60. The van der Waals surface area contributed by atoms with Gasteiger partial charge in [-0.3, -0.25) is 4.99 Å². The van der Waals surface area contributed by atoms with Gasteiger partial charge in [0.2, 0.25) is 0 Å². The minimum atomic E-state index is -4.38. The van der Waals surface area contributed by atoms with Crippen molar-refractivity contribution in [3.8, 4) is 0 Å². The van der Waals surface area contributed by atoms with Crippen molar-refractivity contribution in [1.82, 2.24) is 10.2 Å². The third-order valence-electron chi connectivity index (χ3n) is 3.44. The van der Waals surface area contributed by atoms with Gasteiger partial charge in [-0.05, 0) is 30.5 Å². The smallest absolute Gasteiger partial charge is 0.356 e. The van der Waals surface area contributed by atoms with Crippen LogP contribution in [0.1, 0.15) is 30.4 Å². The molecule has 25 heavy (non-hydrogen) atoms. The van der Waals surface area contributed by atoms with Gasteiger partial charge >= 0.3 is 12.4 Å². The van der Waals surface area contributed by atoms with Crippen molar-refractivity contribution in [2.24, 2.45) is 4.99 Å². The van der Waals surface area contributed by atoms with Crippen molar-refractivity contribution in [2.45, 2.75) is 38.2 Å². The summed E-state index contributed by atoms with van der Waals surface area (Å²) in [5.74, 6) is 0.465. The van der Waals surface area contributed by atoms with E-state index in [-0.39, 0.29) is 6.42 Å². The van der Waals surface area contributed by atoms with E-state index in [2.05, 4.69) is 10.3 Å². The summed E-state index contributed by atoms with van der Waals surface area (Å²) >= 11 is 0. The highest BCUT2D eigenvalue weighted by Crippen LogP contribution is 2.29. The van der Waals surface area contributed by atoms with Gasteiger partial charge in [0.1, 0.15) is 0 Å². The second kappa shape index (κ2) is 8.96. The number of hydrogen-bond donors (Lipinski definition) is 1. The fourth-order valence-electron chi connectivity index (χ4n) is 2.18. The van der Waals surface area contributed by atoms with Crippen LogP contribution in [0.3, 0.4) is 0 Å². The Morgan fingerprint density at radius 3 is 2.12 bits per heavy atom. The predicted molar refractivity (Wildman–Crippen MR) is 84.2 cm³/mol. The average molecular weight is 369 g/mol. The van der Waals surface area contributed by atoms with Crippen molar-refractivity contribution in [1.29, 1.82) is 0 Å². The lowest BCUT2D eigenvalue weighted by atomic mass is 10.1. The maximum atomic E-state index is 12.5. The molecule has 0 radical (unpaired) electrons. The highest BCUT2D eigenvalue weighted by atomic mass is 19.4. The Morgan fingerprint density at radius 1 is 1.04 bits per heavy atom. The molecule has 9 heteroatoms. The van der Waals surface area contributed by atoms with E-state index in [4.69, 9.17) is 0 Å². The van der Waals surface area contributed by atoms with Crippen LogP contribution in [0.5, 0.6) is 0 Å². The first-order valence-corrected chi connectivity index (χ1v) is 7.67. The van der Waals surface area contributed by atoms with Crippen LogP contribution >= 0.6 is 0 Å². The molecule has 1 aromatic rings. The van der Waals surface area contributed by atoms with E-state index < -0.39 is 24.3 Å². The molecule has 0 aliphatic rings. The van der Waals surface area contributed by atoms with E-state index >= 15 is 0 Å². The normalized spacial score (nSPS) is 13.0. The third kappa shape index (κ3) is 8.13. The maximum absolute atomic E-state index is 12.5. The van der Waals surface area contributed by atoms with E-state index in [1.54, 1.807) is 11.9 Å². The van der Waals surface area contributed by atoms with Crippen LogP contribution in [0.4, 0.5) is 26.3 Å². The molecule has 0 bridgehead atoms. The van der Waals surface area contributed by atoms with Gasteiger partial charge in [-0.1, -0.05) is 12.1 Å². The van der Waals surface area contributed by atoms with E-state index in [0.717, 1.165) is 12.1 Å². The van der Waals surface area contributed by atoms with E-state index in [1.165, 1.54) is 19.2 Å². The van der Waals surface area contributed by atoms with Crippen LogP contribution in [0.2, 0.25) is 0 Å². The molecule has 0 amide bonds. The lowest BCUT2D eigenvalue weighted by Gasteiger charge is -2.22. The first-order chi connectivity index (χ1) is 11.5. The van der Waals surface area contributed by atoms with Gasteiger partial charge in [-0.25, -0.2) is 0 Å². The molecular formula is C16H21F6N3. The minimum absolute atomic E-state index is 0.0239. The number of benzene rings is 1. The molecule has 0 unspecified atom stereocenters. The summed E-state index contributed by atoms with van der Waals surface area (Å²) in [7, 11) is 3.23. The summed E-state index contributed by atoms with van der Waals surface area (Å²) in [5, 5.41) is 2.94. The highest BCUT2D eigenvalue weighted by Gasteiger charge is 2.30. The summed E-state index contributed by atoms with van der Waals surface area (Å²) in [5.41, 5.74) is -0.0541. The number of alkyl halides is 6. The first-order valence-electron chi connectivity index (χ1n) is 7.67. The molecule has 0 spiro atoms. The van der Waals surface area contributed by atoms with E-state index in [0.29, 0.717) is 31.0 Å². The second-order valence-corrected chi connectivity index (χ2v) is 5.60. The molecule has 0 atom stereocenters. The van der Waals surface area contributed by atoms with Crippen LogP contribution in [0.25, 0.3) is 0 Å². The Bertz CT molecular complexity index is 548. The van der Waals surface area contributed by atoms with Crippen molar-refractivity contribution in [3.63, 3.8) is 0 Å². The summed E-state index contributed by atoms with van der Waals surface area (Å²) < 4.78 is 73.8. The number of halogens is 6. The summed E-state index contributed by atoms with van der Waals surface area (Å²) in [4.78, 5) is 5.70. The van der Waals surface area contributed by atoms with Crippen molar-refractivity contribution < 1.29 is 26.3 Å². The SMILES string of the molecule is CN=C(NCCCCC(F)(F)F)N(C)Cc1ccc(C(F)(F)F)cc1.